The number of hydrogen-bond donors (Lipinski definition) is 1. The molecule has 0 aliphatic carbocycles. The molecule has 0 fully saturated rings. The van der Waals surface area contributed by atoms with E-state index in [2.05, 4.69) is 55.8 Å². The average molecular weight is 350 g/mol. The molecule has 1 aliphatic rings. The summed E-state index contributed by atoms with van der Waals surface area (Å²) in [6, 6.07) is 9.31. The average Bonchev–Trinajstić information content (AvgIpc) is 2.52. The fraction of sp³-hybridized carbons (Fsp3) is 0.381. The Balaban J connectivity index is 1.85. The largest absolute Gasteiger partial charge is 0.488 e. The fourth-order valence-corrected chi connectivity index (χ4v) is 3.53. The molecule has 1 aliphatic heterocycles. The number of carboxylic acid groups (broad SMARTS) is 1. The van der Waals surface area contributed by atoms with Gasteiger partial charge in [0.1, 0.15) is 17.0 Å². The molecule has 3 rings (SSSR count). The summed E-state index contributed by atoms with van der Waals surface area (Å²) in [5.41, 5.74) is 2.79. The van der Waals surface area contributed by atoms with Gasteiger partial charge in [0.2, 0.25) is 0 Å². The number of ether oxygens (including phenoxy) is 1. The monoisotopic (exact) mass is 350 g/mol. The van der Waals surface area contributed by atoms with Gasteiger partial charge in [-0.3, -0.25) is 4.79 Å². The van der Waals surface area contributed by atoms with Gasteiger partial charge in [-0.1, -0.05) is 19.8 Å². The second kappa shape index (κ2) is 6.45. The lowest BCUT2D eigenvalue weighted by Gasteiger charge is -2.42. The highest BCUT2D eigenvalue weighted by atomic mass is 16.5. The highest BCUT2D eigenvalue weighted by Gasteiger charge is 2.38. The van der Waals surface area contributed by atoms with Crippen LogP contribution in [0.4, 0.5) is 0 Å². The SMILES string of the molecule is CC1(C)CC(C)(C)c2cc(C#Cc3ccc(CC(=O)O)nn3)ccc2O1. The summed E-state index contributed by atoms with van der Waals surface area (Å²) in [5, 5.41) is 16.6. The minimum Gasteiger partial charge on any atom is -0.488 e. The van der Waals surface area contributed by atoms with Crippen LogP contribution in [-0.2, 0) is 16.6 Å². The zero-order valence-electron chi connectivity index (χ0n) is 15.5. The first kappa shape index (κ1) is 17.9. The first-order chi connectivity index (χ1) is 12.1. The standard InChI is InChI=1S/C21H22N2O3/c1-20(2)13-21(3,4)26-18-10-6-14(11-17(18)20)5-7-15-8-9-16(23-22-15)12-19(24)25/h6,8-11H,12-13H2,1-4H3,(H,24,25). The number of hydrogen-bond acceptors (Lipinski definition) is 4. The van der Waals surface area contributed by atoms with Crippen LogP contribution in [0.3, 0.4) is 0 Å². The topological polar surface area (TPSA) is 72.3 Å². The van der Waals surface area contributed by atoms with E-state index in [-0.39, 0.29) is 17.4 Å². The molecular weight excluding hydrogens is 328 g/mol. The van der Waals surface area contributed by atoms with Crippen molar-refractivity contribution in [3.63, 3.8) is 0 Å². The number of fused-ring (bicyclic) bond motifs is 1. The van der Waals surface area contributed by atoms with Gasteiger partial charge < -0.3 is 9.84 Å². The van der Waals surface area contributed by atoms with Crippen molar-refractivity contribution in [2.45, 2.75) is 51.6 Å². The van der Waals surface area contributed by atoms with E-state index in [0.29, 0.717) is 11.4 Å². The zero-order valence-corrected chi connectivity index (χ0v) is 15.5. The molecule has 2 heterocycles. The van der Waals surface area contributed by atoms with Gasteiger partial charge >= 0.3 is 5.97 Å². The summed E-state index contributed by atoms with van der Waals surface area (Å²) in [6.07, 6.45) is 0.789. The Morgan fingerprint density at radius 2 is 1.92 bits per heavy atom. The number of aliphatic carboxylic acids is 1. The van der Waals surface area contributed by atoms with Crippen LogP contribution in [0.25, 0.3) is 0 Å². The summed E-state index contributed by atoms with van der Waals surface area (Å²) in [4.78, 5) is 10.7. The summed E-state index contributed by atoms with van der Waals surface area (Å²) < 4.78 is 6.10. The molecule has 0 radical (unpaired) electrons. The normalized spacial score (nSPS) is 16.6. The molecule has 0 saturated heterocycles. The maximum absolute atomic E-state index is 10.7. The number of carbonyl (C=O) groups is 1. The van der Waals surface area contributed by atoms with Crippen molar-refractivity contribution in [1.82, 2.24) is 10.2 Å². The van der Waals surface area contributed by atoms with Gasteiger partial charge in [0.25, 0.3) is 0 Å². The molecular formula is C21H22N2O3. The van der Waals surface area contributed by atoms with E-state index in [1.54, 1.807) is 12.1 Å². The first-order valence-electron chi connectivity index (χ1n) is 8.55. The lowest BCUT2D eigenvalue weighted by Crippen LogP contribution is -2.41. The Labute approximate surface area is 153 Å². The molecule has 0 saturated carbocycles. The van der Waals surface area contributed by atoms with Crippen molar-refractivity contribution in [2.24, 2.45) is 0 Å². The van der Waals surface area contributed by atoms with E-state index in [4.69, 9.17) is 9.84 Å². The number of benzene rings is 1. The number of carboxylic acids is 1. The van der Waals surface area contributed by atoms with Crippen LogP contribution >= 0.6 is 0 Å². The van der Waals surface area contributed by atoms with Gasteiger partial charge in [0.05, 0.1) is 12.1 Å². The Kier molecular flexibility index (Phi) is 4.45. The highest BCUT2D eigenvalue weighted by molar-refractivity contribution is 5.69. The molecule has 2 aromatic rings. The minimum atomic E-state index is -0.930. The van der Waals surface area contributed by atoms with E-state index >= 15 is 0 Å². The van der Waals surface area contributed by atoms with E-state index in [0.717, 1.165) is 23.3 Å². The predicted molar refractivity (Wildman–Crippen MR) is 98.1 cm³/mol. The van der Waals surface area contributed by atoms with Crippen LogP contribution in [0.15, 0.2) is 30.3 Å². The van der Waals surface area contributed by atoms with Gasteiger partial charge in [-0.15, -0.1) is 5.10 Å². The lowest BCUT2D eigenvalue weighted by molar-refractivity contribution is -0.136. The molecule has 1 aromatic carbocycles. The first-order valence-corrected chi connectivity index (χ1v) is 8.55. The van der Waals surface area contributed by atoms with Gasteiger partial charge in [-0.05, 0) is 61.9 Å². The van der Waals surface area contributed by atoms with E-state index in [1.807, 2.05) is 12.1 Å². The van der Waals surface area contributed by atoms with Crippen molar-refractivity contribution in [3.05, 3.63) is 52.8 Å². The molecule has 0 amide bonds. The maximum atomic E-state index is 10.7. The number of aromatic nitrogens is 2. The Morgan fingerprint density at radius 3 is 2.58 bits per heavy atom. The Bertz CT molecular complexity index is 903. The third-order valence-electron chi connectivity index (χ3n) is 4.35. The van der Waals surface area contributed by atoms with Crippen molar-refractivity contribution in [2.75, 3.05) is 0 Å². The van der Waals surface area contributed by atoms with Gasteiger partial charge in [-0.25, -0.2) is 0 Å². The fourth-order valence-electron chi connectivity index (χ4n) is 3.53. The molecule has 5 heteroatoms. The smallest absolute Gasteiger partial charge is 0.309 e. The molecule has 1 aromatic heterocycles. The van der Waals surface area contributed by atoms with Crippen LogP contribution in [-0.4, -0.2) is 26.9 Å². The van der Waals surface area contributed by atoms with Crippen LogP contribution in [0.5, 0.6) is 5.75 Å². The zero-order chi connectivity index (χ0) is 18.9. The maximum Gasteiger partial charge on any atom is 0.309 e. The van der Waals surface area contributed by atoms with Crippen molar-refractivity contribution in [1.29, 1.82) is 0 Å². The van der Waals surface area contributed by atoms with E-state index in [9.17, 15) is 4.79 Å². The quantitative estimate of drug-likeness (QED) is 0.841. The molecule has 0 unspecified atom stereocenters. The third kappa shape index (κ3) is 4.02. The third-order valence-corrected chi connectivity index (χ3v) is 4.35. The minimum absolute atomic E-state index is 0.00700. The van der Waals surface area contributed by atoms with Crippen LogP contribution in [0.2, 0.25) is 0 Å². The van der Waals surface area contributed by atoms with Crippen molar-refractivity contribution in [3.8, 4) is 17.6 Å². The molecule has 5 nitrogen and oxygen atoms in total. The summed E-state index contributed by atoms with van der Waals surface area (Å²) in [6.45, 7) is 8.66. The van der Waals surface area contributed by atoms with Gasteiger partial charge in [0.15, 0.2) is 0 Å². The second-order valence-corrected chi connectivity index (χ2v) is 7.86. The highest BCUT2D eigenvalue weighted by Crippen LogP contribution is 2.44. The molecule has 134 valence electrons. The van der Waals surface area contributed by atoms with Gasteiger partial charge in [0, 0.05) is 11.1 Å². The van der Waals surface area contributed by atoms with Crippen molar-refractivity contribution >= 4 is 5.97 Å². The Hall–Kier alpha value is -2.87. The molecule has 1 N–H and O–H groups in total. The summed E-state index contributed by atoms with van der Waals surface area (Å²) >= 11 is 0. The van der Waals surface area contributed by atoms with Gasteiger partial charge in [-0.2, -0.15) is 5.10 Å². The molecule has 0 bridgehead atoms. The van der Waals surface area contributed by atoms with E-state index in [1.165, 1.54) is 0 Å². The van der Waals surface area contributed by atoms with Crippen LogP contribution < -0.4 is 4.74 Å². The van der Waals surface area contributed by atoms with E-state index < -0.39 is 5.97 Å². The van der Waals surface area contributed by atoms with Crippen LogP contribution in [0.1, 0.15) is 56.6 Å². The summed E-state index contributed by atoms with van der Waals surface area (Å²) in [5.74, 6) is 6.07. The Morgan fingerprint density at radius 1 is 1.15 bits per heavy atom. The molecule has 26 heavy (non-hydrogen) atoms. The van der Waals surface area contributed by atoms with Crippen molar-refractivity contribution < 1.29 is 14.6 Å². The number of nitrogens with zero attached hydrogens (tertiary/aromatic N) is 2. The second-order valence-electron chi connectivity index (χ2n) is 7.86. The predicted octanol–water partition coefficient (Wildman–Crippen LogP) is 3.34. The lowest BCUT2D eigenvalue weighted by atomic mass is 9.73. The summed E-state index contributed by atoms with van der Waals surface area (Å²) in [7, 11) is 0. The molecule has 0 spiro atoms. The molecule has 0 atom stereocenters. The van der Waals surface area contributed by atoms with Crippen LogP contribution in [0, 0.1) is 11.8 Å². The number of rotatable bonds is 2.